The van der Waals surface area contributed by atoms with Gasteiger partial charge in [0.1, 0.15) is 5.82 Å². The van der Waals surface area contributed by atoms with Crippen LogP contribution >= 0.6 is 0 Å². The van der Waals surface area contributed by atoms with Crippen LogP contribution in [0.25, 0.3) is 10.9 Å². The number of sulfonamides is 1. The molecule has 0 atom stereocenters. The van der Waals surface area contributed by atoms with Crippen LogP contribution in [-0.2, 0) is 21.9 Å². The molecule has 2 aromatic heterocycles. The smallest absolute Gasteiger partial charge is 0.262 e. The standard InChI is InChI=1S/C24H31N5O3S/c1-17-26-23(16-27(17)2)33(31,32)29-13-9-19(10-14-29)24(30)28-11-7-18(8-12-28)21-15-25-22-6-4-3-5-20(21)22/h3-6,15-16,18-19,25H,7-14H2,1-2H3. The summed E-state index contributed by atoms with van der Waals surface area (Å²) in [6.07, 6.45) is 6.71. The fraction of sp³-hybridized carbons (Fsp3) is 0.500. The third kappa shape index (κ3) is 4.08. The number of imidazole rings is 1. The lowest BCUT2D eigenvalue weighted by molar-refractivity contribution is -0.137. The maximum absolute atomic E-state index is 13.2. The molecule has 0 unspecified atom stereocenters. The van der Waals surface area contributed by atoms with Crippen LogP contribution in [0, 0.1) is 12.8 Å². The second kappa shape index (κ2) is 8.61. The number of benzene rings is 1. The normalized spacial score (nSPS) is 19.4. The van der Waals surface area contributed by atoms with Gasteiger partial charge < -0.3 is 14.5 Å². The first-order chi connectivity index (χ1) is 15.8. The lowest BCUT2D eigenvalue weighted by Gasteiger charge is -2.37. The largest absolute Gasteiger partial charge is 0.361 e. The van der Waals surface area contributed by atoms with Crippen molar-refractivity contribution in [3.05, 3.63) is 48.0 Å². The number of carbonyl (C=O) groups excluding carboxylic acids is 1. The highest BCUT2D eigenvalue weighted by Gasteiger charge is 2.36. The Morgan fingerprint density at radius 1 is 1.06 bits per heavy atom. The Hall–Kier alpha value is -2.65. The molecule has 2 fully saturated rings. The van der Waals surface area contributed by atoms with E-state index in [-0.39, 0.29) is 16.9 Å². The number of aryl methyl sites for hydroxylation is 2. The number of nitrogens with one attached hydrogen (secondary N) is 1. The van der Waals surface area contributed by atoms with E-state index in [1.807, 2.05) is 11.0 Å². The molecular weight excluding hydrogens is 438 g/mol. The molecule has 8 nitrogen and oxygen atoms in total. The summed E-state index contributed by atoms with van der Waals surface area (Å²) >= 11 is 0. The third-order valence-electron chi connectivity index (χ3n) is 7.36. The number of amides is 1. The van der Waals surface area contributed by atoms with Crippen molar-refractivity contribution < 1.29 is 13.2 Å². The Morgan fingerprint density at radius 3 is 2.42 bits per heavy atom. The van der Waals surface area contributed by atoms with E-state index in [4.69, 9.17) is 0 Å². The summed E-state index contributed by atoms with van der Waals surface area (Å²) in [5.74, 6) is 1.19. The zero-order valence-electron chi connectivity index (χ0n) is 19.2. The lowest BCUT2D eigenvalue weighted by atomic mass is 9.88. The second-order valence-electron chi connectivity index (χ2n) is 9.30. The van der Waals surface area contributed by atoms with E-state index >= 15 is 0 Å². The minimum Gasteiger partial charge on any atom is -0.361 e. The second-order valence-corrected chi connectivity index (χ2v) is 11.2. The number of H-pyrrole nitrogens is 1. The van der Waals surface area contributed by atoms with Crippen molar-refractivity contribution in [2.75, 3.05) is 26.2 Å². The molecule has 1 N–H and O–H groups in total. The van der Waals surface area contributed by atoms with Crippen LogP contribution in [0.3, 0.4) is 0 Å². The SMILES string of the molecule is Cc1nc(S(=O)(=O)N2CCC(C(=O)N3CCC(c4c[nH]c5ccccc45)CC3)CC2)cn1C. The molecule has 0 aliphatic carbocycles. The van der Waals surface area contributed by atoms with Crippen molar-refractivity contribution in [3.63, 3.8) is 0 Å². The van der Waals surface area contributed by atoms with Gasteiger partial charge in [-0.05, 0) is 50.2 Å². The summed E-state index contributed by atoms with van der Waals surface area (Å²) < 4.78 is 29.0. The van der Waals surface area contributed by atoms with Crippen LogP contribution in [0.4, 0.5) is 0 Å². The van der Waals surface area contributed by atoms with Crippen LogP contribution in [-0.4, -0.2) is 64.2 Å². The number of aromatic amines is 1. The highest BCUT2D eigenvalue weighted by molar-refractivity contribution is 7.89. The van der Waals surface area contributed by atoms with Gasteiger partial charge in [-0.15, -0.1) is 0 Å². The van der Waals surface area contributed by atoms with Crippen molar-refractivity contribution in [1.29, 1.82) is 0 Å². The molecule has 0 bridgehead atoms. The summed E-state index contributed by atoms with van der Waals surface area (Å²) in [6.45, 7) is 4.02. The monoisotopic (exact) mass is 469 g/mol. The van der Waals surface area contributed by atoms with E-state index in [1.165, 1.54) is 15.3 Å². The van der Waals surface area contributed by atoms with Gasteiger partial charge >= 0.3 is 0 Å². The highest BCUT2D eigenvalue weighted by atomic mass is 32.2. The topological polar surface area (TPSA) is 91.3 Å². The molecule has 33 heavy (non-hydrogen) atoms. The number of aromatic nitrogens is 3. The fourth-order valence-electron chi connectivity index (χ4n) is 5.23. The minimum absolute atomic E-state index is 0.0895. The molecule has 176 valence electrons. The summed E-state index contributed by atoms with van der Waals surface area (Å²) in [5, 5.41) is 1.37. The lowest BCUT2D eigenvalue weighted by Crippen LogP contribution is -2.46. The summed E-state index contributed by atoms with van der Waals surface area (Å²) in [6, 6.07) is 8.36. The van der Waals surface area contributed by atoms with Gasteiger partial charge in [-0.25, -0.2) is 13.4 Å². The quantitative estimate of drug-likeness (QED) is 0.636. The van der Waals surface area contributed by atoms with E-state index in [0.717, 1.165) is 31.4 Å². The maximum Gasteiger partial charge on any atom is 0.262 e. The molecular formula is C24H31N5O3S. The van der Waals surface area contributed by atoms with Gasteiger partial charge in [0.05, 0.1) is 0 Å². The number of nitrogens with zero attached hydrogens (tertiary/aromatic N) is 4. The summed E-state index contributed by atoms with van der Waals surface area (Å²) in [4.78, 5) is 22.7. The number of hydrogen-bond donors (Lipinski definition) is 1. The number of hydrogen-bond acceptors (Lipinski definition) is 4. The van der Waals surface area contributed by atoms with Gasteiger partial charge in [-0.2, -0.15) is 4.31 Å². The average molecular weight is 470 g/mol. The maximum atomic E-state index is 13.2. The fourth-order valence-corrected chi connectivity index (χ4v) is 6.72. The van der Waals surface area contributed by atoms with Crippen molar-refractivity contribution in [2.24, 2.45) is 13.0 Å². The van der Waals surface area contributed by atoms with Gasteiger partial charge in [-0.1, -0.05) is 18.2 Å². The van der Waals surface area contributed by atoms with Crippen molar-refractivity contribution in [1.82, 2.24) is 23.7 Å². The van der Waals surface area contributed by atoms with Gasteiger partial charge in [0.15, 0.2) is 5.03 Å². The van der Waals surface area contributed by atoms with Crippen molar-refractivity contribution in [3.8, 4) is 0 Å². The van der Waals surface area contributed by atoms with E-state index in [1.54, 1.807) is 24.7 Å². The Bertz CT molecular complexity index is 1240. The molecule has 2 aliphatic rings. The number of para-hydroxylation sites is 1. The van der Waals surface area contributed by atoms with Crippen LogP contribution in [0.2, 0.25) is 0 Å². The summed E-state index contributed by atoms with van der Waals surface area (Å²) in [7, 11) is -1.83. The number of piperidine rings is 2. The molecule has 9 heteroatoms. The first kappa shape index (κ1) is 22.2. The molecule has 1 aromatic carbocycles. The van der Waals surface area contributed by atoms with Crippen LogP contribution < -0.4 is 0 Å². The van der Waals surface area contributed by atoms with E-state index < -0.39 is 10.0 Å². The Balaban J connectivity index is 1.17. The molecule has 3 aromatic rings. The first-order valence-electron chi connectivity index (χ1n) is 11.7. The van der Waals surface area contributed by atoms with Crippen LogP contribution in [0.5, 0.6) is 0 Å². The number of fused-ring (bicyclic) bond motifs is 1. The molecule has 1 amide bonds. The van der Waals surface area contributed by atoms with Crippen molar-refractivity contribution >= 4 is 26.8 Å². The molecule has 0 spiro atoms. The zero-order valence-corrected chi connectivity index (χ0v) is 20.0. The molecule has 2 saturated heterocycles. The van der Waals surface area contributed by atoms with Gasteiger partial charge in [-0.3, -0.25) is 4.79 Å². The van der Waals surface area contributed by atoms with Gasteiger partial charge in [0.25, 0.3) is 10.0 Å². The predicted molar refractivity (Wildman–Crippen MR) is 126 cm³/mol. The third-order valence-corrected chi connectivity index (χ3v) is 9.13. The predicted octanol–water partition coefficient (Wildman–Crippen LogP) is 3.02. The number of likely N-dealkylation sites (tertiary alicyclic amines) is 1. The minimum atomic E-state index is -3.61. The van der Waals surface area contributed by atoms with E-state index in [2.05, 4.69) is 34.4 Å². The molecule has 2 aliphatic heterocycles. The van der Waals surface area contributed by atoms with E-state index in [9.17, 15) is 13.2 Å². The van der Waals surface area contributed by atoms with Crippen LogP contribution in [0.1, 0.15) is 43.0 Å². The summed E-state index contributed by atoms with van der Waals surface area (Å²) in [5.41, 5.74) is 2.51. The van der Waals surface area contributed by atoms with Crippen molar-refractivity contribution in [2.45, 2.75) is 43.6 Å². The highest BCUT2D eigenvalue weighted by Crippen LogP contribution is 2.34. The Labute approximate surface area is 194 Å². The molecule has 0 radical (unpaired) electrons. The Morgan fingerprint density at radius 2 is 1.76 bits per heavy atom. The number of carbonyl (C=O) groups is 1. The molecule has 4 heterocycles. The first-order valence-corrected chi connectivity index (χ1v) is 13.1. The number of rotatable bonds is 4. The zero-order chi connectivity index (χ0) is 23.2. The van der Waals surface area contributed by atoms with Crippen LogP contribution in [0.15, 0.2) is 41.7 Å². The Kier molecular flexibility index (Phi) is 5.78. The molecule has 0 saturated carbocycles. The van der Waals surface area contributed by atoms with Gasteiger partial charge in [0.2, 0.25) is 5.91 Å². The van der Waals surface area contributed by atoms with Gasteiger partial charge in [0, 0.05) is 62.4 Å². The average Bonchev–Trinajstić information content (AvgIpc) is 3.42. The molecule has 5 rings (SSSR count). The van der Waals surface area contributed by atoms with E-state index in [0.29, 0.717) is 37.7 Å².